The third-order valence-electron chi connectivity index (χ3n) is 3.87. The monoisotopic (exact) mass is 326 g/mol. The Kier molecular flexibility index (Phi) is 6.88. The first-order chi connectivity index (χ1) is 11.7. The first-order valence-corrected chi connectivity index (χ1v) is 8.56. The molecular weight excluding hydrogens is 300 g/mol. The van der Waals surface area contributed by atoms with Crippen molar-refractivity contribution in [1.29, 1.82) is 0 Å². The summed E-state index contributed by atoms with van der Waals surface area (Å²) in [7, 11) is 0. The Morgan fingerprint density at radius 2 is 1.67 bits per heavy atom. The minimum atomic E-state index is 0.00657. The minimum absolute atomic E-state index is 0.00657. The Hall–Kier alpha value is -2.27. The molecule has 0 bridgehead atoms. The van der Waals surface area contributed by atoms with E-state index in [1.165, 1.54) is 6.33 Å². The van der Waals surface area contributed by atoms with Crippen LogP contribution in [-0.4, -0.2) is 28.8 Å². The fourth-order valence-electron chi connectivity index (χ4n) is 2.62. The van der Waals surface area contributed by atoms with Crippen molar-refractivity contribution in [3.63, 3.8) is 0 Å². The van der Waals surface area contributed by atoms with Crippen molar-refractivity contribution < 1.29 is 4.79 Å². The van der Waals surface area contributed by atoms with Gasteiger partial charge in [0.25, 0.3) is 0 Å². The Bertz CT molecular complexity index is 649. The van der Waals surface area contributed by atoms with Gasteiger partial charge in [-0.2, -0.15) is 0 Å². The van der Waals surface area contributed by atoms with E-state index in [0.717, 1.165) is 42.9 Å². The molecule has 0 aliphatic rings. The number of Topliss-reactive ketones (excluding diaryl/α,β-unsaturated/α-hetero) is 1. The Morgan fingerprint density at radius 1 is 1.04 bits per heavy atom. The molecule has 1 aromatic heterocycles. The summed E-state index contributed by atoms with van der Waals surface area (Å²) >= 11 is 0. The van der Waals surface area contributed by atoms with Crippen LogP contribution < -0.4 is 10.6 Å². The van der Waals surface area contributed by atoms with Crippen LogP contribution in [0.15, 0.2) is 36.7 Å². The number of carbonyl (C=O) groups is 1. The molecule has 0 spiro atoms. The highest BCUT2D eigenvalue weighted by atomic mass is 16.1. The van der Waals surface area contributed by atoms with Gasteiger partial charge in [-0.3, -0.25) is 4.79 Å². The number of rotatable bonds is 9. The van der Waals surface area contributed by atoms with E-state index in [2.05, 4.69) is 28.7 Å². The second kappa shape index (κ2) is 9.13. The molecular formula is C19H26N4O. The number of hydrogen-bond acceptors (Lipinski definition) is 5. The van der Waals surface area contributed by atoms with Crippen LogP contribution in [0.25, 0.3) is 0 Å². The lowest BCUT2D eigenvalue weighted by Gasteiger charge is -2.22. The first kappa shape index (κ1) is 18.1. The van der Waals surface area contributed by atoms with Gasteiger partial charge >= 0.3 is 0 Å². The maximum absolute atomic E-state index is 12.5. The van der Waals surface area contributed by atoms with Crippen LogP contribution in [0, 0.1) is 0 Å². The summed E-state index contributed by atoms with van der Waals surface area (Å²) in [5.74, 6) is 0.836. The van der Waals surface area contributed by atoms with Crippen LogP contribution in [0.2, 0.25) is 0 Å². The molecule has 0 fully saturated rings. The number of ketones is 1. The molecule has 0 radical (unpaired) electrons. The summed E-state index contributed by atoms with van der Waals surface area (Å²) < 4.78 is 0. The number of nitrogens with zero attached hydrogens (tertiary/aromatic N) is 3. The quantitative estimate of drug-likeness (QED) is 0.717. The van der Waals surface area contributed by atoms with Crippen LogP contribution in [0.5, 0.6) is 0 Å². The molecule has 5 nitrogen and oxygen atoms in total. The summed E-state index contributed by atoms with van der Waals surface area (Å²) in [6.45, 7) is 6.65. The average Bonchev–Trinajstić information content (AvgIpc) is 2.62. The van der Waals surface area contributed by atoms with Crippen molar-refractivity contribution in [1.82, 2.24) is 9.97 Å². The normalized spacial score (nSPS) is 10.6. The SMILES string of the molecule is CCCN(CCC)c1cc(C(=O)Cc2ccc(CN)cc2)ncn1. The molecule has 0 aliphatic heterocycles. The van der Waals surface area contributed by atoms with Gasteiger partial charge in [-0.1, -0.05) is 38.1 Å². The van der Waals surface area contributed by atoms with E-state index in [1.807, 2.05) is 30.3 Å². The van der Waals surface area contributed by atoms with Gasteiger partial charge in [-0.05, 0) is 24.0 Å². The van der Waals surface area contributed by atoms with Crippen molar-refractivity contribution in [2.45, 2.75) is 39.7 Å². The summed E-state index contributed by atoms with van der Waals surface area (Å²) in [6, 6.07) is 9.61. The van der Waals surface area contributed by atoms with Gasteiger partial charge in [0.05, 0.1) is 0 Å². The van der Waals surface area contributed by atoms with E-state index in [0.29, 0.717) is 18.7 Å². The average molecular weight is 326 g/mol. The highest BCUT2D eigenvalue weighted by Crippen LogP contribution is 2.14. The van der Waals surface area contributed by atoms with Gasteiger partial charge in [0.1, 0.15) is 17.8 Å². The number of hydrogen-bond donors (Lipinski definition) is 1. The molecule has 2 rings (SSSR count). The third kappa shape index (κ3) is 4.86. The molecule has 128 valence electrons. The van der Waals surface area contributed by atoms with Crippen LogP contribution in [0.1, 0.15) is 48.3 Å². The zero-order chi connectivity index (χ0) is 17.4. The fraction of sp³-hybridized carbons (Fsp3) is 0.421. The lowest BCUT2D eigenvalue weighted by Crippen LogP contribution is -2.26. The molecule has 2 aromatic rings. The molecule has 0 saturated heterocycles. The van der Waals surface area contributed by atoms with Gasteiger partial charge in [-0.15, -0.1) is 0 Å². The van der Waals surface area contributed by atoms with Gasteiger partial charge in [0.15, 0.2) is 5.78 Å². The van der Waals surface area contributed by atoms with E-state index in [4.69, 9.17) is 5.73 Å². The van der Waals surface area contributed by atoms with Crippen LogP contribution in [0.3, 0.4) is 0 Å². The lowest BCUT2D eigenvalue weighted by atomic mass is 10.0. The number of benzene rings is 1. The van der Waals surface area contributed by atoms with Crippen molar-refractivity contribution in [3.05, 3.63) is 53.5 Å². The first-order valence-electron chi connectivity index (χ1n) is 8.56. The Morgan fingerprint density at radius 3 is 2.25 bits per heavy atom. The lowest BCUT2D eigenvalue weighted by molar-refractivity contribution is 0.0988. The van der Waals surface area contributed by atoms with Crippen LogP contribution in [0.4, 0.5) is 5.82 Å². The smallest absolute Gasteiger partial charge is 0.185 e. The number of anilines is 1. The molecule has 0 amide bonds. The molecule has 5 heteroatoms. The van der Waals surface area contributed by atoms with E-state index in [1.54, 1.807) is 0 Å². The van der Waals surface area contributed by atoms with Crippen molar-refractivity contribution >= 4 is 11.6 Å². The number of aromatic nitrogens is 2. The van der Waals surface area contributed by atoms with E-state index in [9.17, 15) is 4.79 Å². The van der Waals surface area contributed by atoms with Gasteiger partial charge in [0, 0.05) is 32.1 Å². The second-order valence-electron chi connectivity index (χ2n) is 5.87. The maximum Gasteiger partial charge on any atom is 0.185 e. The number of nitrogens with two attached hydrogens (primary N) is 1. The summed E-state index contributed by atoms with van der Waals surface area (Å²) in [5, 5.41) is 0. The Labute approximate surface area is 143 Å². The molecule has 2 N–H and O–H groups in total. The van der Waals surface area contributed by atoms with Crippen molar-refractivity contribution in [2.75, 3.05) is 18.0 Å². The molecule has 0 saturated carbocycles. The predicted molar refractivity (Wildman–Crippen MR) is 97.2 cm³/mol. The summed E-state index contributed by atoms with van der Waals surface area (Å²) in [6.07, 6.45) is 3.91. The molecule has 0 atom stereocenters. The zero-order valence-electron chi connectivity index (χ0n) is 14.5. The van der Waals surface area contributed by atoms with Crippen LogP contribution >= 0.6 is 0 Å². The van der Waals surface area contributed by atoms with Crippen molar-refractivity contribution in [3.8, 4) is 0 Å². The van der Waals surface area contributed by atoms with E-state index >= 15 is 0 Å². The predicted octanol–water partition coefficient (Wildman–Crippen LogP) is 2.99. The fourth-order valence-corrected chi connectivity index (χ4v) is 2.62. The summed E-state index contributed by atoms with van der Waals surface area (Å²) in [4.78, 5) is 23.2. The Balaban J connectivity index is 2.12. The van der Waals surface area contributed by atoms with Gasteiger partial charge in [0.2, 0.25) is 0 Å². The molecule has 0 aliphatic carbocycles. The van der Waals surface area contributed by atoms with E-state index in [-0.39, 0.29) is 5.78 Å². The maximum atomic E-state index is 12.5. The molecule has 1 heterocycles. The topological polar surface area (TPSA) is 72.1 Å². The van der Waals surface area contributed by atoms with Gasteiger partial charge in [-0.25, -0.2) is 9.97 Å². The standard InChI is InChI=1S/C19H26N4O/c1-3-9-23(10-4-2)19-12-17(21-14-22-19)18(24)11-15-5-7-16(13-20)8-6-15/h5-8,12,14H,3-4,9-11,13,20H2,1-2H3. The second-order valence-corrected chi connectivity index (χ2v) is 5.87. The van der Waals surface area contributed by atoms with Crippen molar-refractivity contribution in [2.24, 2.45) is 5.73 Å². The zero-order valence-corrected chi connectivity index (χ0v) is 14.5. The van der Waals surface area contributed by atoms with Gasteiger partial charge < -0.3 is 10.6 Å². The highest BCUT2D eigenvalue weighted by Gasteiger charge is 2.13. The van der Waals surface area contributed by atoms with Crippen LogP contribution in [-0.2, 0) is 13.0 Å². The molecule has 1 aromatic carbocycles. The van der Waals surface area contributed by atoms with E-state index < -0.39 is 0 Å². The largest absolute Gasteiger partial charge is 0.357 e. The highest BCUT2D eigenvalue weighted by molar-refractivity contribution is 5.96. The minimum Gasteiger partial charge on any atom is -0.357 e. The molecule has 0 unspecified atom stereocenters. The molecule has 24 heavy (non-hydrogen) atoms. The summed E-state index contributed by atoms with van der Waals surface area (Å²) in [5.41, 5.74) is 8.10. The third-order valence-corrected chi connectivity index (χ3v) is 3.87. The number of carbonyl (C=O) groups excluding carboxylic acids is 1.